The smallest absolute Gasteiger partial charge is 0.330 e. The fraction of sp³-hybridized carbons (Fsp3) is 0.875. The van der Waals surface area contributed by atoms with Crippen LogP contribution < -0.4 is 5.32 Å². The number of ether oxygens (including phenoxy) is 2. The third-order valence-corrected chi connectivity index (χ3v) is 4.48. The Balaban J connectivity index is 2.59. The van der Waals surface area contributed by atoms with E-state index in [0.717, 1.165) is 0 Å². The summed E-state index contributed by atoms with van der Waals surface area (Å²) in [6.07, 6.45) is 1.12. The molecule has 1 saturated carbocycles. The molecule has 2 atom stereocenters. The zero-order valence-electron chi connectivity index (χ0n) is 14.3. The molecule has 1 fully saturated rings. The fourth-order valence-electron chi connectivity index (χ4n) is 2.89. The maximum Gasteiger partial charge on any atom is 0.330 e. The SMILES string of the molecule is CCOC1CC(NC(=O)CCCOC(C)C)(C(=O)O)C1(C)C. The number of nitrogens with one attached hydrogen (secondary N) is 1. The number of aliphatic carboxylic acids is 1. The van der Waals surface area contributed by atoms with Crippen LogP contribution in [0.3, 0.4) is 0 Å². The van der Waals surface area contributed by atoms with E-state index >= 15 is 0 Å². The average Bonchev–Trinajstić information content (AvgIpc) is 2.41. The van der Waals surface area contributed by atoms with Crippen LogP contribution in [0.1, 0.15) is 53.9 Å². The Bertz CT molecular complexity index is 407. The first-order chi connectivity index (χ1) is 10.2. The van der Waals surface area contributed by atoms with Crippen LogP contribution in [0.5, 0.6) is 0 Å². The van der Waals surface area contributed by atoms with Gasteiger partial charge in [0, 0.05) is 31.5 Å². The van der Waals surface area contributed by atoms with Crippen molar-refractivity contribution in [3.63, 3.8) is 0 Å². The van der Waals surface area contributed by atoms with E-state index in [-0.39, 0.29) is 24.5 Å². The molecule has 128 valence electrons. The molecule has 0 heterocycles. The van der Waals surface area contributed by atoms with E-state index in [4.69, 9.17) is 9.47 Å². The lowest BCUT2D eigenvalue weighted by molar-refractivity contribution is -0.194. The van der Waals surface area contributed by atoms with Gasteiger partial charge in [0.1, 0.15) is 5.54 Å². The summed E-state index contributed by atoms with van der Waals surface area (Å²) in [5.41, 5.74) is -1.89. The van der Waals surface area contributed by atoms with Gasteiger partial charge in [0.2, 0.25) is 5.91 Å². The second-order valence-electron chi connectivity index (χ2n) is 6.65. The Kier molecular flexibility index (Phi) is 6.38. The minimum atomic E-state index is -1.25. The number of carboxylic acid groups (broad SMARTS) is 1. The Labute approximate surface area is 132 Å². The molecule has 0 aliphatic heterocycles. The Morgan fingerprint density at radius 2 is 2.00 bits per heavy atom. The minimum Gasteiger partial charge on any atom is -0.479 e. The molecule has 0 spiro atoms. The van der Waals surface area contributed by atoms with Crippen LogP contribution in [0.2, 0.25) is 0 Å². The summed E-state index contributed by atoms with van der Waals surface area (Å²) < 4.78 is 11.0. The highest BCUT2D eigenvalue weighted by Crippen LogP contribution is 2.51. The summed E-state index contributed by atoms with van der Waals surface area (Å²) >= 11 is 0. The lowest BCUT2D eigenvalue weighted by atomic mass is 9.54. The average molecular weight is 315 g/mol. The van der Waals surface area contributed by atoms with Crippen molar-refractivity contribution in [2.24, 2.45) is 5.41 Å². The fourth-order valence-corrected chi connectivity index (χ4v) is 2.89. The second-order valence-corrected chi connectivity index (χ2v) is 6.65. The van der Waals surface area contributed by atoms with Crippen molar-refractivity contribution in [2.75, 3.05) is 13.2 Å². The van der Waals surface area contributed by atoms with Crippen molar-refractivity contribution < 1.29 is 24.2 Å². The molecule has 1 aliphatic rings. The molecule has 1 amide bonds. The van der Waals surface area contributed by atoms with Crippen molar-refractivity contribution in [3.05, 3.63) is 0 Å². The number of hydrogen-bond acceptors (Lipinski definition) is 4. The number of hydrogen-bond donors (Lipinski definition) is 2. The highest BCUT2D eigenvalue weighted by molar-refractivity contribution is 5.89. The summed E-state index contributed by atoms with van der Waals surface area (Å²) in [4.78, 5) is 23.8. The maximum absolute atomic E-state index is 12.1. The quantitative estimate of drug-likeness (QED) is 0.635. The largest absolute Gasteiger partial charge is 0.479 e. The van der Waals surface area contributed by atoms with Crippen molar-refractivity contribution in [1.82, 2.24) is 5.32 Å². The molecule has 2 unspecified atom stereocenters. The molecule has 22 heavy (non-hydrogen) atoms. The van der Waals surface area contributed by atoms with Crippen LogP contribution >= 0.6 is 0 Å². The highest BCUT2D eigenvalue weighted by Gasteiger charge is 2.66. The Hall–Kier alpha value is -1.14. The van der Waals surface area contributed by atoms with E-state index in [9.17, 15) is 14.7 Å². The predicted octanol–water partition coefficient (Wildman–Crippen LogP) is 1.97. The lowest BCUT2D eigenvalue weighted by Gasteiger charge is -2.58. The molecule has 0 saturated heterocycles. The highest BCUT2D eigenvalue weighted by atomic mass is 16.5. The van der Waals surface area contributed by atoms with Gasteiger partial charge in [-0.1, -0.05) is 13.8 Å². The second kappa shape index (κ2) is 7.42. The predicted molar refractivity (Wildman–Crippen MR) is 82.6 cm³/mol. The number of carbonyl (C=O) groups excluding carboxylic acids is 1. The van der Waals surface area contributed by atoms with E-state index in [2.05, 4.69) is 5.32 Å². The van der Waals surface area contributed by atoms with E-state index in [1.807, 2.05) is 34.6 Å². The molecule has 0 aromatic rings. The molecule has 6 heteroatoms. The van der Waals surface area contributed by atoms with Gasteiger partial charge in [-0.15, -0.1) is 0 Å². The number of rotatable bonds is 9. The Morgan fingerprint density at radius 3 is 2.45 bits per heavy atom. The third kappa shape index (κ3) is 3.79. The van der Waals surface area contributed by atoms with Crippen molar-refractivity contribution in [1.29, 1.82) is 0 Å². The molecule has 0 radical (unpaired) electrons. The van der Waals surface area contributed by atoms with Crippen molar-refractivity contribution in [3.8, 4) is 0 Å². The standard InChI is InChI=1S/C16H29NO5/c1-6-21-12-10-16(14(19)20,15(12,4)5)17-13(18)8-7-9-22-11(2)3/h11-12H,6-10H2,1-5H3,(H,17,18)(H,19,20). The van der Waals surface area contributed by atoms with Crippen molar-refractivity contribution >= 4 is 11.9 Å². The first-order valence-corrected chi connectivity index (χ1v) is 7.95. The third-order valence-electron chi connectivity index (χ3n) is 4.48. The van der Waals surface area contributed by atoms with Gasteiger partial charge in [0.05, 0.1) is 12.2 Å². The van der Waals surface area contributed by atoms with Gasteiger partial charge in [-0.05, 0) is 27.2 Å². The van der Waals surface area contributed by atoms with Crippen LogP contribution in [0.15, 0.2) is 0 Å². The van der Waals surface area contributed by atoms with E-state index in [0.29, 0.717) is 26.1 Å². The monoisotopic (exact) mass is 315 g/mol. The molecule has 0 aromatic heterocycles. The zero-order valence-corrected chi connectivity index (χ0v) is 14.3. The molecule has 6 nitrogen and oxygen atoms in total. The molecule has 2 N–H and O–H groups in total. The van der Waals surface area contributed by atoms with Crippen LogP contribution in [0.25, 0.3) is 0 Å². The number of amides is 1. The normalized spacial score (nSPS) is 26.5. The van der Waals surface area contributed by atoms with Gasteiger partial charge in [-0.3, -0.25) is 4.79 Å². The van der Waals surface area contributed by atoms with Crippen LogP contribution in [-0.2, 0) is 19.1 Å². The minimum absolute atomic E-state index is 0.130. The van der Waals surface area contributed by atoms with E-state index < -0.39 is 16.9 Å². The van der Waals surface area contributed by atoms with Gasteiger partial charge in [0.25, 0.3) is 0 Å². The lowest BCUT2D eigenvalue weighted by Crippen LogP contribution is -2.76. The number of carbonyl (C=O) groups is 2. The summed E-state index contributed by atoms with van der Waals surface area (Å²) in [5.74, 6) is -1.25. The summed E-state index contributed by atoms with van der Waals surface area (Å²) in [6, 6.07) is 0. The van der Waals surface area contributed by atoms with Crippen molar-refractivity contribution in [2.45, 2.75) is 71.6 Å². The zero-order chi connectivity index (χ0) is 17.0. The maximum atomic E-state index is 12.1. The first kappa shape index (κ1) is 18.9. The van der Waals surface area contributed by atoms with Crippen LogP contribution in [-0.4, -0.2) is 47.9 Å². The molecule has 0 aromatic carbocycles. The van der Waals surface area contributed by atoms with Gasteiger partial charge in [-0.2, -0.15) is 0 Å². The van der Waals surface area contributed by atoms with Gasteiger partial charge < -0.3 is 19.9 Å². The van der Waals surface area contributed by atoms with Gasteiger partial charge in [0.15, 0.2) is 0 Å². The Morgan fingerprint density at radius 1 is 1.36 bits per heavy atom. The summed E-state index contributed by atoms with van der Waals surface area (Å²) in [5, 5.41) is 12.3. The molecule has 1 aliphatic carbocycles. The summed E-state index contributed by atoms with van der Waals surface area (Å²) in [6.45, 7) is 10.4. The first-order valence-electron chi connectivity index (χ1n) is 7.95. The van der Waals surface area contributed by atoms with Gasteiger partial charge in [-0.25, -0.2) is 4.79 Å². The molecular formula is C16H29NO5. The summed E-state index contributed by atoms with van der Waals surface area (Å²) in [7, 11) is 0. The van der Waals surface area contributed by atoms with Crippen LogP contribution in [0.4, 0.5) is 0 Å². The van der Waals surface area contributed by atoms with E-state index in [1.165, 1.54) is 0 Å². The molecule has 1 rings (SSSR count). The molecular weight excluding hydrogens is 286 g/mol. The van der Waals surface area contributed by atoms with Gasteiger partial charge >= 0.3 is 5.97 Å². The number of carboxylic acids is 1. The molecule has 0 bridgehead atoms. The van der Waals surface area contributed by atoms with Crippen LogP contribution in [0, 0.1) is 5.41 Å². The van der Waals surface area contributed by atoms with E-state index in [1.54, 1.807) is 0 Å². The topological polar surface area (TPSA) is 84.9 Å².